The smallest absolute Gasteiger partial charge is 0.270 e. The first-order valence-corrected chi connectivity index (χ1v) is 12.4. The second kappa shape index (κ2) is 12.7. The minimum absolute atomic E-state index is 0.0792. The number of rotatable bonds is 8. The van der Waals surface area contributed by atoms with Crippen LogP contribution >= 0.6 is 0 Å². The third kappa shape index (κ3) is 7.29. The van der Waals surface area contributed by atoms with Gasteiger partial charge in [0.25, 0.3) is 11.8 Å². The van der Waals surface area contributed by atoms with Crippen LogP contribution in [-0.4, -0.2) is 46.0 Å². The van der Waals surface area contributed by atoms with Crippen LogP contribution in [0.15, 0.2) is 48.2 Å². The molecule has 9 heteroatoms. The van der Waals surface area contributed by atoms with Gasteiger partial charge in [0.15, 0.2) is 0 Å². The highest BCUT2D eigenvalue weighted by Crippen LogP contribution is 2.49. The fourth-order valence-corrected chi connectivity index (χ4v) is 3.65. The van der Waals surface area contributed by atoms with Crippen molar-refractivity contribution in [1.82, 2.24) is 15.3 Å². The molecular weight excluding hydrogens is 478 g/mol. The van der Waals surface area contributed by atoms with Crippen LogP contribution in [0.1, 0.15) is 69.9 Å². The van der Waals surface area contributed by atoms with E-state index in [-0.39, 0.29) is 11.5 Å². The van der Waals surface area contributed by atoms with E-state index < -0.39 is 36.2 Å². The summed E-state index contributed by atoms with van der Waals surface area (Å²) in [5.41, 5.74) is 3.14. The van der Waals surface area contributed by atoms with Crippen molar-refractivity contribution in [2.45, 2.75) is 65.9 Å². The Labute approximate surface area is 216 Å². The molecule has 2 unspecified atom stereocenters. The number of anilines is 1. The first-order valence-electron chi connectivity index (χ1n) is 12.4. The van der Waals surface area contributed by atoms with Crippen LogP contribution in [0.25, 0.3) is 16.5 Å². The predicted molar refractivity (Wildman–Crippen MR) is 143 cm³/mol. The largest absolute Gasteiger partial charge is 0.388 e. The van der Waals surface area contributed by atoms with Gasteiger partial charge in [0.2, 0.25) is 5.91 Å². The number of carbonyl (C=O) groups excluding carboxylic acids is 2. The van der Waals surface area contributed by atoms with E-state index in [0.717, 1.165) is 11.1 Å². The third-order valence-corrected chi connectivity index (χ3v) is 5.76. The number of allylic oxidation sites excluding steroid dienone is 3. The molecule has 2 heterocycles. The second-order valence-corrected chi connectivity index (χ2v) is 8.97. The molecule has 0 radical (unpaired) electrons. The average Bonchev–Trinajstić information content (AvgIpc) is 3.51. The molecule has 2 amide bonds. The number of amides is 2. The molecule has 37 heavy (non-hydrogen) atoms. The summed E-state index contributed by atoms with van der Waals surface area (Å²) in [4.78, 5) is 33.3. The molecule has 0 saturated heterocycles. The van der Waals surface area contributed by atoms with Crippen molar-refractivity contribution in [1.29, 1.82) is 0 Å². The van der Waals surface area contributed by atoms with Crippen molar-refractivity contribution in [3.05, 3.63) is 59.5 Å². The van der Waals surface area contributed by atoms with Gasteiger partial charge in [-0.25, -0.2) is 18.7 Å². The molecule has 2 atom stereocenters. The lowest BCUT2D eigenvalue weighted by molar-refractivity contribution is -0.119. The quantitative estimate of drug-likeness (QED) is 0.394. The molecule has 7 nitrogen and oxygen atoms in total. The summed E-state index contributed by atoms with van der Waals surface area (Å²) in [7, 11) is 1.49. The number of pyridine rings is 2. The van der Waals surface area contributed by atoms with Crippen LogP contribution in [0.5, 0.6) is 0 Å². The molecule has 200 valence electrons. The molecule has 0 bridgehead atoms. The van der Waals surface area contributed by atoms with Crippen LogP contribution in [0.2, 0.25) is 0 Å². The van der Waals surface area contributed by atoms with Crippen LogP contribution in [0.4, 0.5) is 14.6 Å². The van der Waals surface area contributed by atoms with Gasteiger partial charge < -0.3 is 15.7 Å². The van der Waals surface area contributed by atoms with Gasteiger partial charge in [-0.2, -0.15) is 0 Å². The van der Waals surface area contributed by atoms with E-state index in [1.54, 1.807) is 12.1 Å². The van der Waals surface area contributed by atoms with Gasteiger partial charge in [-0.05, 0) is 43.1 Å². The molecule has 2 aromatic rings. The Hall–Kier alpha value is -3.46. The Bertz CT molecular complexity index is 1240. The Kier molecular flexibility index (Phi) is 10.2. The van der Waals surface area contributed by atoms with Gasteiger partial charge in [0, 0.05) is 36.7 Å². The first kappa shape index (κ1) is 29.8. The minimum atomic E-state index is -2.98. The monoisotopic (exact) mass is 514 g/mol. The molecule has 3 rings (SSSR count). The van der Waals surface area contributed by atoms with Crippen LogP contribution < -0.4 is 10.6 Å². The number of nitrogens with one attached hydrogen (secondary N) is 2. The number of nitrogens with zero attached hydrogens (tertiary/aromatic N) is 2. The zero-order valence-electron chi connectivity index (χ0n) is 22.3. The van der Waals surface area contributed by atoms with Gasteiger partial charge in [0.05, 0.1) is 11.6 Å². The number of alkyl halides is 2. The van der Waals surface area contributed by atoms with Gasteiger partial charge in [-0.1, -0.05) is 45.9 Å². The van der Waals surface area contributed by atoms with Gasteiger partial charge in [0.1, 0.15) is 17.4 Å². The number of halogens is 2. The molecule has 3 N–H and O–H groups in total. The molecule has 2 aromatic heterocycles. The SMILES string of the molecule is C=C(/C=C(C)\C(=C/C)c1cc2cnc(NC(=O)C3CC3(F)F)cc2nc1C(=O)NC)C(O)CC.CCC. The van der Waals surface area contributed by atoms with E-state index >= 15 is 0 Å². The van der Waals surface area contributed by atoms with Crippen LogP contribution in [-0.2, 0) is 4.79 Å². The topological polar surface area (TPSA) is 104 Å². The highest BCUT2D eigenvalue weighted by atomic mass is 19.3. The Morgan fingerprint density at radius 2 is 1.92 bits per heavy atom. The molecule has 1 aliphatic carbocycles. The third-order valence-electron chi connectivity index (χ3n) is 5.76. The zero-order valence-corrected chi connectivity index (χ0v) is 22.3. The van der Waals surface area contributed by atoms with E-state index in [1.165, 1.54) is 25.7 Å². The van der Waals surface area contributed by atoms with Gasteiger partial charge in [-0.3, -0.25) is 9.59 Å². The molecule has 1 aliphatic rings. The average molecular weight is 515 g/mol. The number of aliphatic hydroxyl groups is 1. The lowest BCUT2D eigenvalue weighted by Crippen LogP contribution is -2.21. The van der Waals surface area contributed by atoms with Crippen molar-refractivity contribution in [3.8, 4) is 0 Å². The Morgan fingerprint density at radius 1 is 1.30 bits per heavy atom. The number of fused-ring (bicyclic) bond motifs is 1. The summed E-state index contributed by atoms with van der Waals surface area (Å²) in [5, 5.41) is 15.6. The molecule has 1 fully saturated rings. The van der Waals surface area contributed by atoms with Crippen molar-refractivity contribution in [3.63, 3.8) is 0 Å². The summed E-state index contributed by atoms with van der Waals surface area (Å²) in [5.74, 6) is -5.47. The maximum atomic E-state index is 13.2. The summed E-state index contributed by atoms with van der Waals surface area (Å²) in [6, 6.07) is 3.20. The number of aromatic nitrogens is 2. The number of hydrogen-bond acceptors (Lipinski definition) is 5. The van der Waals surface area contributed by atoms with E-state index in [2.05, 4.69) is 41.0 Å². The van der Waals surface area contributed by atoms with Crippen molar-refractivity contribution >= 4 is 34.1 Å². The van der Waals surface area contributed by atoms with Crippen molar-refractivity contribution in [2.75, 3.05) is 12.4 Å². The maximum absolute atomic E-state index is 13.2. The summed E-state index contributed by atoms with van der Waals surface area (Å²) >= 11 is 0. The Balaban J connectivity index is 0.00000153. The van der Waals surface area contributed by atoms with E-state index in [9.17, 15) is 23.5 Å². The normalized spacial score (nSPS) is 17.4. The van der Waals surface area contributed by atoms with E-state index in [4.69, 9.17) is 0 Å². The Morgan fingerprint density at radius 3 is 2.43 bits per heavy atom. The number of hydrogen-bond donors (Lipinski definition) is 3. The highest BCUT2D eigenvalue weighted by Gasteiger charge is 2.61. The van der Waals surface area contributed by atoms with E-state index in [1.807, 2.05) is 26.8 Å². The number of carbonyl (C=O) groups is 2. The van der Waals surface area contributed by atoms with Gasteiger partial charge >= 0.3 is 0 Å². The second-order valence-electron chi connectivity index (χ2n) is 8.97. The molecule has 0 aliphatic heterocycles. The zero-order chi connectivity index (χ0) is 27.9. The standard InChI is InChI=1S/C25H28F2N4O3.C3H8/c1-6-16(13(3)8-14(4)20(32)7-2)17-9-15-12-29-21(31-23(33)18-11-25(18,26)27)10-19(15)30-22(17)24(34)28-5;1-3-2/h6,8-10,12,18,20,32H,4,7,11H2,1-3,5H3,(H,28,34)(H,29,31,33);3H2,1-2H3/b13-8-,16-6+;. The van der Waals surface area contributed by atoms with E-state index in [0.29, 0.717) is 28.5 Å². The van der Waals surface area contributed by atoms with Crippen molar-refractivity contribution < 1.29 is 23.5 Å². The highest BCUT2D eigenvalue weighted by molar-refractivity contribution is 6.02. The lowest BCUT2D eigenvalue weighted by Gasteiger charge is -2.16. The fourth-order valence-electron chi connectivity index (χ4n) is 3.65. The molecular formula is C28H36F2N4O3. The molecule has 1 saturated carbocycles. The van der Waals surface area contributed by atoms with Crippen molar-refractivity contribution in [2.24, 2.45) is 5.92 Å². The lowest BCUT2D eigenvalue weighted by atomic mass is 9.93. The summed E-state index contributed by atoms with van der Waals surface area (Å²) < 4.78 is 26.4. The summed E-state index contributed by atoms with van der Waals surface area (Å²) in [6.45, 7) is 13.7. The minimum Gasteiger partial charge on any atom is -0.388 e. The first-order chi connectivity index (χ1) is 17.4. The van der Waals surface area contributed by atoms with Gasteiger partial charge in [-0.15, -0.1) is 0 Å². The predicted octanol–water partition coefficient (Wildman–Crippen LogP) is 5.68. The summed E-state index contributed by atoms with van der Waals surface area (Å²) in [6.07, 6.45) is 5.70. The van der Waals surface area contributed by atoms with Crippen LogP contribution in [0.3, 0.4) is 0 Å². The fraction of sp³-hybridized carbons (Fsp3) is 0.429. The van der Waals surface area contributed by atoms with Crippen LogP contribution in [0, 0.1) is 5.92 Å². The molecule has 0 aromatic carbocycles. The number of aliphatic hydroxyl groups excluding tert-OH is 1. The molecule has 0 spiro atoms. The maximum Gasteiger partial charge on any atom is 0.270 e.